The van der Waals surface area contributed by atoms with Crippen LogP contribution in [0.3, 0.4) is 0 Å². The first-order valence-corrected chi connectivity index (χ1v) is 14.5. The summed E-state index contributed by atoms with van der Waals surface area (Å²) in [7, 11) is -1.28. The fraction of sp³-hybridized carbons (Fsp3) is 0.478. The summed E-state index contributed by atoms with van der Waals surface area (Å²) < 4.78 is 39.1. The van der Waals surface area contributed by atoms with E-state index in [1.807, 2.05) is 0 Å². The van der Waals surface area contributed by atoms with E-state index in [4.69, 9.17) is 10.5 Å². The van der Waals surface area contributed by atoms with Crippen LogP contribution in [0.2, 0.25) is 25.7 Å². The van der Waals surface area contributed by atoms with E-state index >= 15 is 0 Å². The zero-order chi connectivity index (χ0) is 23.7. The number of anilines is 1. The van der Waals surface area contributed by atoms with Crippen LogP contribution in [0.1, 0.15) is 25.2 Å². The van der Waals surface area contributed by atoms with Gasteiger partial charge in [-0.05, 0) is 24.2 Å². The standard InChI is InChI=1S/C23H32F2N4O2Si/c1-16(2)23(24,25)17-8-6-10-19-21(17)27-20(14-28-11-7-9-18(26)22(28)30)29(19)15-31-12-13-32(3,4)5/h6-11,16H,12-15,26H2,1-5H3. The van der Waals surface area contributed by atoms with Gasteiger partial charge in [0, 0.05) is 32.4 Å². The molecule has 0 spiro atoms. The third-order valence-electron chi connectivity index (χ3n) is 5.52. The molecule has 3 rings (SSSR count). The highest BCUT2D eigenvalue weighted by atomic mass is 28.3. The Bertz CT molecular complexity index is 1150. The maximum Gasteiger partial charge on any atom is 0.277 e. The fourth-order valence-electron chi connectivity index (χ4n) is 3.41. The summed E-state index contributed by atoms with van der Waals surface area (Å²) in [5, 5.41) is 0. The number of rotatable bonds is 9. The monoisotopic (exact) mass is 462 g/mol. The van der Waals surface area contributed by atoms with E-state index in [0.717, 1.165) is 6.04 Å². The number of nitrogen functional groups attached to an aromatic ring is 1. The Kier molecular flexibility index (Phi) is 6.90. The zero-order valence-electron chi connectivity index (χ0n) is 19.4. The second-order valence-electron chi connectivity index (χ2n) is 9.65. The summed E-state index contributed by atoms with van der Waals surface area (Å²) in [6, 6.07) is 8.98. The number of halogens is 2. The Balaban J connectivity index is 2.07. The lowest BCUT2D eigenvalue weighted by atomic mass is 9.97. The molecular weight excluding hydrogens is 430 g/mol. The Morgan fingerprint density at radius 2 is 1.91 bits per heavy atom. The number of ether oxygens (including phenoxy) is 1. The highest BCUT2D eigenvalue weighted by Crippen LogP contribution is 2.39. The average molecular weight is 463 g/mol. The van der Waals surface area contributed by atoms with Gasteiger partial charge in [-0.2, -0.15) is 0 Å². The number of nitrogens with two attached hydrogens (primary N) is 1. The summed E-state index contributed by atoms with van der Waals surface area (Å²) in [4.78, 5) is 17.0. The third kappa shape index (κ3) is 5.10. The lowest BCUT2D eigenvalue weighted by Crippen LogP contribution is -2.24. The molecule has 0 aliphatic rings. The molecule has 0 fully saturated rings. The van der Waals surface area contributed by atoms with E-state index in [9.17, 15) is 13.6 Å². The summed E-state index contributed by atoms with van der Waals surface area (Å²) in [6.07, 6.45) is 1.61. The van der Waals surface area contributed by atoms with Gasteiger partial charge in [-0.1, -0.05) is 45.6 Å². The molecule has 32 heavy (non-hydrogen) atoms. The number of imidazole rings is 1. The van der Waals surface area contributed by atoms with Crippen LogP contribution in [0, 0.1) is 5.92 Å². The second kappa shape index (κ2) is 9.15. The molecule has 0 atom stereocenters. The molecule has 0 amide bonds. The van der Waals surface area contributed by atoms with Crippen LogP contribution in [0.15, 0.2) is 41.3 Å². The van der Waals surface area contributed by atoms with Crippen molar-refractivity contribution in [1.29, 1.82) is 0 Å². The van der Waals surface area contributed by atoms with Crippen molar-refractivity contribution < 1.29 is 13.5 Å². The Morgan fingerprint density at radius 3 is 2.56 bits per heavy atom. The molecule has 0 saturated carbocycles. The van der Waals surface area contributed by atoms with Crippen LogP contribution in [-0.2, 0) is 23.9 Å². The van der Waals surface area contributed by atoms with Crippen LogP contribution in [-0.4, -0.2) is 28.8 Å². The number of para-hydroxylation sites is 1. The second-order valence-corrected chi connectivity index (χ2v) is 15.3. The van der Waals surface area contributed by atoms with Gasteiger partial charge in [0.15, 0.2) is 0 Å². The largest absolute Gasteiger partial charge is 0.394 e. The molecular formula is C23H32F2N4O2Si. The van der Waals surface area contributed by atoms with Crippen molar-refractivity contribution >= 4 is 24.8 Å². The molecule has 2 aromatic heterocycles. The number of fused-ring (bicyclic) bond motifs is 1. The predicted octanol–water partition coefficient (Wildman–Crippen LogP) is 4.89. The topological polar surface area (TPSA) is 75.1 Å². The van der Waals surface area contributed by atoms with Crippen LogP contribution < -0.4 is 11.3 Å². The van der Waals surface area contributed by atoms with Crippen molar-refractivity contribution in [2.24, 2.45) is 5.92 Å². The van der Waals surface area contributed by atoms with Gasteiger partial charge in [0.05, 0.1) is 23.3 Å². The Labute approximate surface area is 188 Å². The van der Waals surface area contributed by atoms with E-state index < -0.39 is 19.9 Å². The summed E-state index contributed by atoms with van der Waals surface area (Å²) >= 11 is 0. The minimum absolute atomic E-state index is 0.0998. The van der Waals surface area contributed by atoms with Crippen LogP contribution in [0.25, 0.3) is 11.0 Å². The third-order valence-corrected chi connectivity index (χ3v) is 7.22. The van der Waals surface area contributed by atoms with Gasteiger partial charge < -0.3 is 19.6 Å². The average Bonchev–Trinajstić information content (AvgIpc) is 3.05. The Hall–Kier alpha value is -2.52. The van der Waals surface area contributed by atoms with Crippen LogP contribution in [0.5, 0.6) is 0 Å². The molecule has 0 aliphatic carbocycles. The zero-order valence-corrected chi connectivity index (χ0v) is 20.4. The van der Waals surface area contributed by atoms with Crippen molar-refractivity contribution in [3.63, 3.8) is 0 Å². The van der Waals surface area contributed by atoms with Crippen molar-refractivity contribution in [2.75, 3.05) is 12.3 Å². The number of alkyl halides is 2. The van der Waals surface area contributed by atoms with Gasteiger partial charge in [0.1, 0.15) is 12.6 Å². The molecule has 9 heteroatoms. The normalized spacial score (nSPS) is 12.8. The first-order chi connectivity index (χ1) is 14.9. The number of hydrogen-bond donors (Lipinski definition) is 1. The van der Waals surface area contributed by atoms with E-state index in [0.29, 0.717) is 17.9 Å². The first kappa shape index (κ1) is 24.1. The van der Waals surface area contributed by atoms with E-state index in [1.54, 1.807) is 29.0 Å². The van der Waals surface area contributed by atoms with Gasteiger partial charge in [-0.15, -0.1) is 0 Å². The lowest BCUT2D eigenvalue weighted by molar-refractivity contribution is -0.0501. The number of benzene rings is 1. The highest BCUT2D eigenvalue weighted by Gasteiger charge is 2.38. The van der Waals surface area contributed by atoms with Crippen molar-refractivity contribution in [3.8, 4) is 0 Å². The molecule has 1 aromatic carbocycles. The summed E-state index contributed by atoms with van der Waals surface area (Å²) in [5.74, 6) is -3.46. The molecule has 0 unspecified atom stereocenters. The molecule has 0 radical (unpaired) electrons. The van der Waals surface area contributed by atoms with E-state index in [-0.39, 0.29) is 35.6 Å². The smallest absolute Gasteiger partial charge is 0.277 e. The Morgan fingerprint density at radius 1 is 1.19 bits per heavy atom. The van der Waals surface area contributed by atoms with Crippen LogP contribution in [0.4, 0.5) is 14.5 Å². The van der Waals surface area contributed by atoms with E-state index in [1.165, 1.54) is 30.5 Å². The van der Waals surface area contributed by atoms with Gasteiger partial charge in [-0.3, -0.25) is 4.79 Å². The van der Waals surface area contributed by atoms with E-state index in [2.05, 4.69) is 24.6 Å². The first-order valence-electron chi connectivity index (χ1n) is 10.8. The quantitative estimate of drug-likeness (QED) is 0.363. The molecule has 0 saturated heterocycles. The lowest BCUT2D eigenvalue weighted by Gasteiger charge is -2.21. The molecule has 174 valence electrons. The number of hydrogen-bond acceptors (Lipinski definition) is 4. The summed E-state index contributed by atoms with van der Waals surface area (Å²) in [5.41, 5.74) is 6.20. The molecule has 0 aliphatic heterocycles. The molecule has 2 N–H and O–H groups in total. The SMILES string of the molecule is CC(C)C(F)(F)c1cccc2c1nc(Cn1cccc(N)c1=O)n2COCC[Si](C)(C)C. The van der Waals surface area contributed by atoms with Crippen molar-refractivity contribution in [3.05, 3.63) is 58.3 Å². The van der Waals surface area contributed by atoms with Gasteiger partial charge >= 0.3 is 0 Å². The molecule has 6 nitrogen and oxygen atoms in total. The summed E-state index contributed by atoms with van der Waals surface area (Å²) in [6.45, 7) is 10.6. The van der Waals surface area contributed by atoms with Crippen molar-refractivity contribution in [1.82, 2.24) is 14.1 Å². The number of nitrogens with zero attached hydrogens (tertiary/aromatic N) is 3. The van der Waals surface area contributed by atoms with Gasteiger partial charge in [0.25, 0.3) is 11.5 Å². The maximum absolute atomic E-state index is 15.0. The predicted molar refractivity (Wildman–Crippen MR) is 127 cm³/mol. The fourth-order valence-corrected chi connectivity index (χ4v) is 4.16. The van der Waals surface area contributed by atoms with Gasteiger partial charge in [0.2, 0.25) is 0 Å². The van der Waals surface area contributed by atoms with Gasteiger partial charge in [-0.25, -0.2) is 13.8 Å². The molecule has 0 bridgehead atoms. The number of pyridine rings is 1. The van der Waals surface area contributed by atoms with Crippen molar-refractivity contribution in [2.45, 2.75) is 58.7 Å². The number of aromatic nitrogens is 3. The highest BCUT2D eigenvalue weighted by molar-refractivity contribution is 6.76. The van der Waals surface area contributed by atoms with Crippen LogP contribution >= 0.6 is 0 Å². The maximum atomic E-state index is 15.0. The molecule has 2 heterocycles. The minimum atomic E-state index is -3.04. The molecule has 3 aromatic rings. The minimum Gasteiger partial charge on any atom is -0.394 e.